The fourth-order valence-electron chi connectivity index (χ4n) is 2.51. The van der Waals surface area contributed by atoms with E-state index in [1.807, 2.05) is 24.3 Å². The van der Waals surface area contributed by atoms with Crippen LogP contribution in [0.5, 0.6) is 0 Å². The fraction of sp³-hybridized carbons (Fsp3) is 0. The van der Waals surface area contributed by atoms with E-state index >= 15 is 0 Å². The molecule has 2 heterocycles. The normalized spacial score (nSPS) is 11.0. The first kappa shape index (κ1) is 13.6. The van der Waals surface area contributed by atoms with E-state index in [1.54, 1.807) is 18.2 Å². The van der Waals surface area contributed by atoms with E-state index in [9.17, 15) is 8.78 Å². The van der Waals surface area contributed by atoms with E-state index in [2.05, 4.69) is 15.0 Å². The smallest absolute Gasteiger partial charge is 0.212 e. The predicted octanol–water partition coefficient (Wildman–Crippen LogP) is 4.57. The van der Waals surface area contributed by atoms with Crippen LogP contribution in [0.15, 0.2) is 60.8 Å². The molecule has 0 aliphatic heterocycles. The van der Waals surface area contributed by atoms with Gasteiger partial charge in [0.15, 0.2) is 0 Å². The number of pyridine rings is 1. The molecule has 0 aliphatic carbocycles. The summed E-state index contributed by atoms with van der Waals surface area (Å²) in [6.45, 7) is 0. The summed E-state index contributed by atoms with van der Waals surface area (Å²) in [6.07, 6.45) is 1.42. The van der Waals surface area contributed by atoms with Crippen molar-refractivity contribution in [3.63, 3.8) is 0 Å². The second-order valence-electron chi connectivity index (χ2n) is 5.17. The molecule has 0 atom stereocenters. The minimum Gasteiger partial charge on any atom is -0.338 e. The van der Waals surface area contributed by atoms with Gasteiger partial charge in [0.1, 0.15) is 11.6 Å². The van der Waals surface area contributed by atoms with E-state index in [4.69, 9.17) is 0 Å². The zero-order valence-electron chi connectivity index (χ0n) is 11.9. The van der Waals surface area contributed by atoms with Gasteiger partial charge in [0.2, 0.25) is 5.95 Å². The maximum atomic E-state index is 14.2. The summed E-state index contributed by atoms with van der Waals surface area (Å²) in [5.74, 6) is -0.461. The molecule has 0 spiro atoms. The van der Waals surface area contributed by atoms with Gasteiger partial charge < -0.3 is 4.98 Å². The van der Waals surface area contributed by atoms with Gasteiger partial charge in [-0.2, -0.15) is 4.39 Å². The number of benzene rings is 2. The number of para-hydroxylation sites is 2. The van der Waals surface area contributed by atoms with E-state index in [-0.39, 0.29) is 5.82 Å². The third-order valence-electron chi connectivity index (χ3n) is 3.67. The summed E-state index contributed by atoms with van der Waals surface area (Å²) in [4.78, 5) is 11.2. The molecular formula is C18H11F2N3. The first-order chi connectivity index (χ1) is 11.2. The quantitative estimate of drug-likeness (QED) is 0.551. The van der Waals surface area contributed by atoms with Crippen molar-refractivity contribution in [3.8, 4) is 22.5 Å². The van der Waals surface area contributed by atoms with Crippen molar-refractivity contribution in [1.29, 1.82) is 0 Å². The molecule has 0 aliphatic rings. The minimum absolute atomic E-state index is 0.364. The number of nitrogens with zero attached hydrogens (tertiary/aromatic N) is 2. The average molecular weight is 307 g/mol. The molecule has 0 fully saturated rings. The van der Waals surface area contributed by atoms with Gasteiger partial charge in [-0.15, -0.1) is 0 Å². The number of fused-ring (bicyclic) bond motifs is 1. The maximum absolute atomic E-state index is 14.2. The molecule has 2 aromatic carbocycles. The number of nitrogens with one attached hydrogen (secondary N) is 1. The summed E-state index contributed by atoms with van der Waals surface area (Å²) >= 11 is 0. The number of H-pyrrole nitrogens is 1. The maximum Gasteiger partial charge on any atom is 0.212 e. The van der Waals surface area contributed by atoms with Crippen molar-refractivity contribution in [2.75, 3.05) is 0 Å². The second-order valence-corrected chi connectivity index (χ2v) is 5.17. The van der Waals surface area contributed by atoms with Crippen molar-refractivity contribution in [1.82, 2.24) is 15.0 Å². The van der Waals surface area contributed by atoms with Crippen molar-refractivity contribution in [3.05, 3.63) is 72.6 Å². The van der Waals surface area contributed by atoms with Crippen LogP contribution in [0.4, 0.5) is 8.78 Å². The van der Waals surface area contributed by atoms with Crippen LogP contribution in [0.1, 0.15) is 0 Å². The largest absolute Gasteiger partial charge is 0.338 e. The molecule has 4 rings (SSSR count). The Morgan fingerprint density at radius 1 is 0.870 bits per heavy atom. The lowest BCUT2D eigenvalue weighted by atomic mass is 10.0. The Balaban J connectivity index is 1.84. The molecule has 23 heavy (non-hydrogen) atoms. The molecule has 3 nitrogen and oxygen atoms in total. The standard InChI is InChI=1S/C18H11F2N3/c19-14-7-5-11(12-6-8-17(20)21-10-12)9-13(14)18-22-15-3-1-2-4-16(15)23-18/h1-10H,(H,22,23). The Labute approximate surface area is 130 Å². The van der Waals surface area contributed by atoms with Gasteiger partial charge in [0.25, 0.3) is 0 Å². The minimum atomic E-state index is -0.548. The van der Waals surface area contributed by atoms with Crippen molar-refractivity contribution in [2.45, 2.75) is 0 Å². The highest BCUT2D eigenvalue weighted by Crippen LogP contribution is 2.28. The number of hydrogen-bond acceptors (Lipinski definition) is 2. The van der Waals surface area contributed by atoms with Crippen LogP contribution in [-0.4, -0.2) is 15.0 Å². The van der Waals surface area contributed by atoms with Gasteiger partial charge in [0, 0.05) is 11.8 Å². The summed E-state index contributed by atoms with van der Waals surface area (Å²) in [7, 11) is 0. The molecule has 0 bridgehead atoms. The van der Waals surface area contributed by atoms with Gasteiger partial charge in [-0.05, 0) is 42.0 Å². The molecule has 0 radical (unpaired) electrons. The van der Waals surface area contributed by atoms with Crippen molar-refractivity contribution >= 4 is 11.0 Å². The number of hydrogen-bond donors (Lipinski definition) is 1. The Morgan fingerprint density at radius 2 is 1.70 bits per heavy atom. The van der Waals surface area contributed by atoms with E-state index in [0.717, 1.165) is 16.6 Å². The van der Waals surface area contributed by atoms with Crippen LogP contribution in [0.3, 0.4) is 0 Å². The lowest BCUT2D eigenvalue weighted by Crippen LogP contribution is -1.89. The summed E-state index contributed by atoms with van der Waals surface area (Å²) in [5.41, 5.74) is 3.44. The summed E-state index contributed by atoms with van der Waals surface area (Å²) in [5, 5.41) is 0. The zero-order chi connectivity index (χ0) is 15.8. The van der Waals surface area contributed by atoms with Crippen LogP contribution in [0, 0.1) is 11.8 Å². The lowest BCUT2D eigenvalue weighted by molar-refractivity contribution is 0.584. The molecular weight excluding hydrogens is 296 g/mol. The van der Waals surface area contributed by atoms with Gasteiger partial charge in [0.05, 0.1) is 16.6 Å². The van der Waals surface area contributed by atoms with Gasteiger partial charge in [-0.1, -0.05) is 18.2 Å². The Bertz CT molecular complexity index is 958. The number of imidazole rings is 1. The third-order valence-corrected chi connectivity index (χ3v) is 3.67. The van der Waals surface area contributed by atoms with Crippen LogP contribution in [0.25, 0.3) is 33.5 Å². The van der Waals surface area contributed by atoms with Crippen LogP contribution in [0.2, 0.25) is 0 Å². The molecule has 2 aromatic heterocycles. The predicted molar refractivity (Wildman–Crippen MR) is 84.7 cm³/mol. The first-order valence-electron chi connectivity index (χ1n) is 7.07. The molecule has 1 N–H and O–H groups in total. The van der Waals surface area contributed by atoms with Crippen molar-refractivity contribution < 1.29 is 8.78 Å². The Hall–Kier alpha value is -3.08. The lowest BCUT2D eigenvalue weighted by Gasteiger charge is -2.05. The Morgan fingerprint density at radius 3 is 2.48 bits per heavy atom. The highest BCUT2D eigenvalue weighted by Gasteiger charge is 2.12. The second kappa shape index (κ2) is 5.28. The molecule has 0 saturated carbocycles. The molecule has 5 heteroatoms. The molecule has 4 aromatic rings. The molecule has 0 unspecified atom stereocenters. The zero-order valence-corrected chi connectivity index (χ0v) is 11.9. The highest BCUT2D eigenvalue weighted by atomic mass is 19.1. The van der Waals surface area contributed by atoms with E-state index in [0.29, 0.717) is 17.0 Å². The number of halogens is 2. The van der Waals surface area contributed by atoms with Crippen LogP contribution < -0.4 is 0 Å². The number of rotatable bonds is 2. The van der Waals surface area contributed by atoms with Crippen molar-refractivity contribution in [2.24, 2.45) is 0 Å². The van der Waals surface area contributed by atoms with E-state index in [1.165, 1.54) is 18.3 Å². The Kier molecular flexibility index (Phi) is 3.12. The molecule has 0 amide bonds. The number of aromatic amines is 1. The van der Waals surface area contributed by atoms with E-state index < -0.39 is 5.95 Å². The number of aromatic nitrogens is 3. The topological polar surface area (TPSA) is 41.6 Å². The molecule has 112 valence electrons. The molecule has 0 saturated heterocycles. The summed E-state index contributed by atoms with van der Waals surface area (Å²) < 4.78 is 27.2. The SMILES string of the molecule is Fc1ccc(-c2ccc(F)c(-c3nc4ccccc4[nH]3)c2)cn1. The monoisotopic (exact) mass is 307 g/mol. The van der Waals surface area contributed by atoms with Crippen LogP contribution in [-0.2, 0) is 0 Å². The summed E-state index contributed by atoms with van der Waals surface area (Å²) in [6, 6.07) is 15.1. The van der Waals surface area contributed by atoms with Gasteiger partial charge >= 0.3 is 0 Å². The average Bonchev–Trinajstić information content (AvgIpc) is 3.00. The third kappa shape index (κ3) is 2.46. The van der Waals surface area contributed by atoms with Gasteiger partial charge in [-0.3, -0.25) is 0 Å². The first-order valence-corrected chi connectivity index (χ1v) is 7.07. The highest BCUT2D eigenvalue weighted by molar-refractivity contribution is 5.80. The fourth-order valence-corrected chi connectivity index (χ4v) is 2.51. The van der Waals surface area contributed by atoms with Crippen LogP contribution >= 0.6 is 0 Å². The van der Waals surface area contributed by atoms with Gasteiger partial charge in [-0.25, -0.2) is 14.4 Å².